The fourth-order valence-corrected chi connectivity index (χ4v) is 4.14. The average Bonchev–Trinajstić information content (AvgIpc) is 3.13. The fraction of sp³-hybridized carbons (Fsp3) is 0.333. The molecule has 2 aromatic rings. The number of ether oxygens (including phenoxy) is 3. The predicted molar refractivity (Wildman–Crippen MR) is 124 cm³/mol. The van der Waals surface area contributed by atoms with Gasteiger partial charge in [0.15, 0.2) is 6.10 Å². The van der Waals surface area contributed by atoms with Crippen LogP contribution in [0.5, 0.6) is 11.5 Å². The lowest BCUT2D eigenvalue weighted by molar-refractivity contribution is -0.151. The third-order valence-electron chi connectivity index (χ3n) is 5.02. The van der Waals surface area contributed by atoms with Crippen LogP contribution in [0.4, 0.5) is 4.79 Å². The summed E-state index contributed by atoms with van der Waals surface area (Å²) in [4.78, 5) is 46.0. The first-order chi connectivity index (χ1) is 16.3. The highest BCUT2D eigenvalue weighted by Crippen LogP contribution is 2.26. The van der Waals surface area contributed by atoms with Gasteiger partial charge in [0.05, 0.1) is 12.4 Å². The molecule has 2 atom stereocenters. The number of thioether (sulfide) groups is 1. The van der Waals surface area contributed by atoms with Gasteiger partial charge in [0, 0.05) is 12.8 Å². The van der Waals surface area contributed by atoms with Crippen LogP contribution in [0.25, 0.3) is 0 Å². The van der Waals surface area contributed by atoms with E-state index in [0.717, 1.165) is 17.3 Å². The van der Waals surface area contributed by atoms with Gasteiger partial charge in [-0.15, -0.1) is 0 Å². The number of nitrogens with one attached hydrogen (secondary N) is 1. The highest BCUT2D eigenvalue weighted by Gasteiger charge is 2.31. The number of carboxylic acids is 1. The molecular weight excluding hydrogens is 462 g/mol. The molecule has 0 saturated carbocycles. The number of aliphatic carboxylic acids is 1. The van der Waals surface area contributed by atoms with Crippen LogP contribution in [0, 0.1) is 0 Å². The molecule has 1 fully saturated rings. The molecule has 0 radical (unpaired) electrons. The second-order valence-electron chi connectivity index (χ2n) is 7.54. The molecule has 0 bridgehead atoms. The van der Waals surface area contributed by atoms with E-state index in [9.17, 15) is 19.2 Å². The van der Waals surface area contributed by atoms with Crippen LogP contribution in [0.3, 0.4) is 0 Å². The molecule has 2 N–H and O–H groups in total. The number of rotatable bonds is 12. The third kappa shape index (κ3) is 7.51. The Hall–Kier alpha value is -3.53. The number of benzene rings is 2. The molecule has 0 aromatic heterocycles. The molecule has 10 heteroatoms. The SMILES string of the molecule is COc1cccc([C@H](COc2ccc(CC3SC(=O)NC3=O)cc2)OC(=O)CCCC(=O)O)c1. The minimum absolute atomic E-state index is 0.0171. The van der Waals surface area contributed by atoms with Crippen LogP contribution < -0.4 is 14.8 Å². The Labute approximate surface area is 200 Å². The number of imide groups is 1. The topological polar surface area (TPSA) is 128 Å². The van der Waals surface area contributed by atoms with Crippen molar-refractivity contribution in [3.8, 4) is 11.5 Å². The lowest BCUT2D eigenvalue weighted by atomic mass is 10.1. The quantitative estimate of drug-likeness (QED) is 0.432. The number of hydrogen-bond acceptors (Lipinski definition) is 8. The fourth-order valence-electron chi connectivity index (χ4n) is 3.28. The van der Waals surface area contributed by atoms with Crippen molar-refractivity contribution in [3.63, 3.8) is 0 Å². The normalized spacial score (nSPS) is 16.0. The number of amides is 2. The summed E-state index contributed by atoms with van der Waals surface area (Å²) in [5.74, 6) is -0.640. The van der Waals surface area contributed by atoms with Crippen LogP contribution >= 0.6 is 11.8 Å². The van der Waals surface area contributed by atoms with Crippen molar-refractivity contribution in [3.05, 3.63) is 59.7 Å². The van der Waals surface area contributed by atoms with Gasteiger partial charge in [-0.1, -0.05) is 36.0 Å². The first-order valence-corrected chi connectivity index (χ1v) is 11.5. The Morgan fingerprint density at radius 1 is 1.09 bits per heavy atom. The molecule has 9 nitrogen and oxygen atoms in total. The molecule has 2 amide bonds. The number of carbonyl (C=O) groups is 4. The Balaban J connectivity index is 1.62. The van der Waals surface area contributed by atoms with Crippen molar-refractivity contribution >= 4 is 34.8 Å². The summed E-state index contributed by atoms with van der Waals surface area (Å²) >= 11 is 0.978. The average molecular weight is 488 g/mol. The summed E-state index contributed by atoms with van der Waals surface area (Å²) in [6.07, 6.45) is -0.252. The van der Waals surface area contributed by atoms with Gasteiger partial charge in [-0.2, -0.15) is 0 Å². The van der Waals surface area contributed by atoms with Gasteiger partial charge >= 0.3 is 11.9 Å². The van der Waals surface area contributed by atoms with E-state index in [-0.39, 0.29) is 37.0 Å². The Morgan fingerprint density at radius 3 is 2.50 bits per heavy atom. The summed E-state index contributed by atoms with van der Waals surface area (Å²) in [6, 6.07) is 14.2. The largest absolute Gasteiger partial charge is 0.497 e. The van der Waals surface area contributed by atoms with Crippen LogP contribution in [0.2, 0.25) is 0 Å². The number of hydrogen-bond donors (Lipinski definition) is 2. The van der Waals surface area contributed by atoms with Crippen molar-refractivity contribution in [1.82, 2.24) is 5.32 Å². The van der Waals surface area contributed by atoms with Crippen molar-refractivity contribution in [2.24, 2.45) is 0 Å². The van der Waals surface area contributed by atoms with Gasteiger partial charge in [0.2, 0.25) is 5.91 Å². The van der Waals surface area contributed by atoms with E-state index in [2.05, 4.69) is 5.32 Å². The molecule has 0 spiro atoms. The highest BCUT2D eigenvalue weighted by molar-refractivity contribution is 8.15. The summed E-state index contributed by atoms with van der Waals surface area (Å²) < 4.78 is 16.7. The molecule has 34 heavy (non-hydrogen) atoms. The van der Waals surface area contributed by atoms with Gasteiger partial charge < -0.3 is 19.3 Å². The minimum atomic E-state index is -0.970. The highest BCUT2D eigenvalue weighted by atomic mass is 32.2. The van der Waals surface area contributed by atoms with Crippen molar-refractivity contribution < 1.29 is 38.5 Å². The number of esters is 1. The Morgan fingerprint density at radius 2 is 1.85 bits per heavy atom. The molecule has 1 aliphatic heterocycles. The van der Waals surface area contributed by atoms with Crippen LogP contribution in [-0.2, 0) is 25.5 Å². The monoisotopic (exact) mass is 487 g/mol. The van der Waals surface area contributed by atoms with E-state index in [0.29, 0.717) is 23.5 Å². The zero-order chi connectivity index (χ0) is 24.5. The van der Waals surface area contributed by atoms with Gasteiger partial charge in [0.1, 0.15) is 18.1 Å². The number of carbonyl (C=O) groups excluding carboxylic acids is 3. The zero-order valence-corrected chi connectivity index (χ0v) is 19.3. The molecule has 3 rings (SSSR count). The summed E-state index contributed by atoms with van der Waals surface area (Å²) in [5, 5.41) is 10.2. The molecule has 1 unspecified atom stereocenters. The smallest absolute Gasteiger partial charge is 0.306 e. The lowest BCUT2D eigenvalue weighted by Gasteiger charge is -2.20. The molecule has 180 valence electrons. The maximum Gasteiger partial charge on any atom is 0.306 e. The second-order valence-corrected chi connectivity index (χ2v) is 8.72. The lowest BCUT2D eigenvalue weighted by Crippen LogP contribution is -2.25. The second kappa shape index (κ2) is 12.1. The van der Waals surface area contributed by atoms with Crippen LogP contribution in [0.15, 0.2) is 48.5 Å². The minimum Gasteiger partial charge on any atom is -0.497 e. The van der Waals surface area contributed by atoms with E-state index in [4.69, 9.17) is 19.3 Å². The standard InChI is InChI=1S/C24H25NO8S/c1-31-18-5-2-4-16(13-18)19(33-22(28)7-3-6-21(26)27)14-32-17-10-8-15(9-11-17)12-20-23(29)25-24(30)34-20/h2,4-5,8-11,13,19-20H,3,6-7,12,14H2,1H3,(H,26,27)(H,25,29,30)/t19-,20?/m0/s1. The summed E-state index contributed by atoms with van der Waals surface area (Å²) in [6.45, 7) is 0.0343. The zero-order valence-electron chi connectivity index (χ0n) is 18.5. The van der Waals surface area contributed by atoms with Gasteiger partial charge in [-0.25, -0.2) is 0 Å². The van der Waals surface area contributed by atoms with Crippen LogP contribution in [0.1, 0.15) is 36.5 Å². The molecule has 1 aliphatic rings. The van der Waals surface area contributed by atoms with Gasteiger partial charge in [-0.3, -0.25) is 24.5 Å². The van der Waals surface area contributed by atoms with Crippen molar-refractivity contribution in [2.45, 2.75) is 37.0 Å². The first kappa shape index (κ1) is 25.1. The molecular formula is C24H25NO8S. The van der Waals surface area contributed by atoms with E-state index in [1.54, 1.807) is 36.4 Å². The maximum absolute atomic E-state index is 12.3. The molecule has 0 aliphatic carbocycles. The Kier molecular flexibility index (Phi) is 8.92. The molecule has 1 heterocycles. The number of methoxy groups -OCH3 is 1. The predicted octanol–water partition coefficient (Wildman–Crippen LogP) is 3.51. The summed E-state index contributed by atoms with van der Waals surface area (Å²) in [7, 11) is 1.54. The van der Waals surface area contributed by atoms with E-state index < -0.39 is 23.3 Å². The molecule has 1 saturated heterocycles. The van der Waals surface area contributed by atoms with Gasteiger partial charge in [0.25, 0.3) is 5.24 Å². The van der Waals surface area contributed by atoms with Crippen molar-refractivity contribution in [1.29, 1.82) is 0 Å². The van der Waals surface area contributed by atoms with E-state index in [1.807, 2.05) is 12.1 Å². The van der Waals surface area contributed by atoms with Crippen LogP contribution in [-0.4, -0.2) is 47.2 Å². The van der Waals surface area contributed by atoms with E-state index >= 15 is 0 Å². The Bertz CT molecular complexity index is 1040. The van der Waals surface area contributed by atoms with Crippen molar-refractivity contribution in [2.75, 3.05) is 13.7 Å². The molecule has 2 aromatic carbocycles. The third-order valence-corrected chi connectivity index (χ3v) is 6.01. The maximum atomic E-state index is 12.3. The summed E-state index contributed by atoms with van der Waals surface area (Å²) in [5.41, 5.74) is 1.56. The van der Waals surface area contributed by atoms with Gasteiger partial charge in [-0.05, 0) is 48.2 Å². The number of carboxylic acid groups (broad SMARTS) is 1. The first-order valence-electron chi connectivity index (χ1n) is 10.6. The van der Waals surface area contributed by atoms with E-state index in [1.165, 1.54) is 7.11 Å².